The molecule has 2 rings (SSSR count). The second kappa shape index (κ2) is 8.99. The Morgan fingerprint density at radius 2 is 1.69 bits per heavy atom. The Hall–Kier alpha value is -3.02. The van der Waals surface area contributed by atoms with Gasteiger partial charge in [0.15, 0.2) is 24.6 Å². The van der Waals surface area contributed by atoms with Gasteiger partial charge in [-0.05, 0) is 6.92 Å². The predicted octanol–water partition coefficient (Wildman–Crippen LogP) is -0.493. The minimum absolute atomic E-state index is 0.100. The number of hydrogen-bond acceptors (Lipinski definition) is 9. The fourth-order valence-corrected chi connectivity index (χ4v) is 2.87. The summed E-state index contributed by atoms with van der Waals surface area (Å²) < 4.78 is 36.6. The van der Waals surface area contributed by atoms with Crippen LogP contribution in [0.3, 0.4) is 0 Å². The number of rotatable bonds is 5. The Kier molecular flexibility index (Phi) is 6.90. The van der Waals surface area contributed by atoms with Crippen molar-refractivity contribution >= 4 is 17.9 Å². The molecule has 11 nitrogen and oxygen atoms in total. The van der Waals surface area contributed by atoms with E-state index in [0.29, 0.717) is 0 Å². The third-order valence-electron chi connectivity index (χ3n) is 4.07. The van der Waals surface area contributed by atoms with Crippen LogP contribution in [0.1, 0.15) is 32.6 Å². The quantitative estimate of drug-likeness (QED) is 0.497. The molecule has 0 amide bonds. The number of nitrogens with one attached hydrogen (secondary N) is 1. The number of aryl methyl sites for hydroxylation is 1. The maximum atomic E-state index is 15.3. The Balaban J connectivity index is 2.51. The Labute approximate surface area is 163 Å². The van der Waals surface area contributed by atoms with Gasteiger partial charge >= 0.3 is 23.6 Å². The van der Waals surface area contributed by atoms with Crippen molar-refractivity contribution in [3.63, 3.8) is 0 Å². The van der Waals surface area contributed by atoms with Gasteiger partial charge in [-0.2, -0.15) is 0 Å². The van der Waals surface area contributed by atoms with Gasteiger partial charge in [0.05, 0.1) is 0 Å². The van der Waals surface area contributed by atoms with E-state index in [0.717, 1.165) is 31.5 Å². The van der Waals surface area contributed by atoms with Crippen LogP contribution in [0, 0.1) is 6.92 Å². The summed E-state index contributed by atoms with van der Waals surface area (Å²) in [6.07, 6.45) is -7.09. The van der Waals surface area contributed by atoms with E-state index >= 15 is 4.39 Å². The Morgan fingerprint density at radius 3 is 2.24 bits per heavy atom. The van der Waals surface area contributed by atoms with E-state index in [1.54, 1.807) is 0 Å². The average Bonchev–Trinajstić information content (AvgIpc) is 2.60. The van der Waals surface area contributed by atoms with Gasteiger partial charge in [-0.15, -0.1) is 0 Å². The Bertz CT molecular complexity index is 909. The highest BCUT2D eigenvalue weighted by molar-refractivity contribution is 5.67. The lowest BCUT2D eigenvalue weighted by Crippen LogP contribution is -2.59. The number of halogens is 1. The standard InChI is InChI=1S/C17H21FN2O9/c1-7-5-20(17(25)19-15(7)24)16-12(18)14(28-10(4)23)13(27-9(3)22)11(29-16)6-26-8(2)21/h5,11-14,16H,6H2,1-4H3,(H,19,24,25)/t11-,12-,13+,14-,16-/m1/s1. The monoisotopic (exact) mass is 416 g/mol. The summed E-state index contributed by atoms with van der Waals surface area (Å²) >= 11 is 0. The molecule has 1 aromatic heterocycles. The van der Waals surface area contributed by atoms with Crippen LogP contribution in [0.4, 0.5) is 4.39 Å². The number of esters is 3. The molecule has 5 atom stereocenters. The van der Waals surface area contributed by atoms with E-state index in [1.165, 1.54) is 6.92 Å². The number of carbonyl (C=O) groups excluding carboxylic acids is 3. The van der Waals surface area contributed by atoms with E-state index in [4.69, 9.17) is 18.9 Å². The van der Waals surface area contributed by atoms with Crippen molar-refractivity contribution in [3.8, 4) is 0 Å². The summed E-state index contributed by atoms with van der Waals surface area (Å²) in [7, 11) is 0. The number of alkyl halides is 1. The van der Waals surface area contributed by atoms with Crippen molar-refractivity contribution in [2.45, 2.75) is 58.4 Å². The van der Waals surface area contributed by atoms with Crippen molar-refractivity contribution in [3.05, 3.63) is 32.6 Å². The van der Waals surface area contributed by atoms with Crippen LogP contribution >= 0.6 is 0 Å². The molecule has 0 unspecified atom stereocenters. The van der Waals surface area contributed by atoms with Crippen molar-refractivity contribution in [1.29, 1.82) is 0 Å². The molecule has 0 saturated carbocycles. The van der Waals surface area contributed by atoms with Crippen molar-refractivity contribution in [2.75, 3.05) is 6.61 Å². The van der Waals surface area contributed by atoms with E-state index in [1.807, 2.05) is 4.98 Å². The van der Waals surface area contributed by atoms with Gasteiger partial charge in [-0.1, -0.05) is 0 Å². The summed E-state index contributed by atoms with van der Waals surface area (Å²) in [4.78, 5) is 60.0. The third kappa shape index (κ3) is 5.28. The zero-order chi connectivity index (χ0) is 21.9. The second-order valence-corrected chi connectivity index (χ2v) is 6.44. The first-order valence-electron chi connectivity index (χ1n) is 8.60. The number of H-pyrrole nitrogens is 1. The molecule has 0 spiro atoms. The molecule has 1 N–H and O–H groups in total. The molecule has 0 aromatic carbocycles. The molecule has 0 radical (unpaired) electrons. The number of aromatic amines is 1. The molecular formula is C17H21FN2O9. The number of hydrogen-bond donors (Lipinski definition) is 1. The second-order valence-electron chi connectivity index (χ2n) is 6.44. The van der Waals surface area contributed by atoms with Gasteiger partial charge in [0.25, 0.3) is 5.56 Å². The van der Waals surface area contributed by atoms with E-state index < -0.39 is 66.5 Å². The largest absolute Gasteiger partial charge is 0.463 e. The molecule has 1 aromatic rings. The summed E-state index contributed by atoms with van der Waals surface area (Å²) in [5.41, 5.74) is -1.53. The molecule has 1 aliphatic heterocycles. The molecule has 0 aliphatic carbocycles. The molecule has 0 bridgehead atoms. The summed E-state index contributed by atoms with van der Waals surface area (Å²) in [6, 6.07) is 0. The molecule has 1 aliphatic rings. The molecule has 1 fully saturated rings. The Morgan fingerprint density at radius 1 is 1.10 bits per heavy atom. The third-order valence-corrected chi connectivity index (χ3v) is 4.07. The van der Waals surface area contributed by atoms with Crippen molar-refractivity contribution < 1.29 is 37.7 Å². The predicted molar refractivity (Wildman–Crippen MR) is 92.6 cm³/mol. The van der Waals surface area contributed by atoms with Crippen LogP contribution in [0.2, 0.25) is 0 Å². The summed E-state index contributed by atoms with van der Waals surface area (Å²) in [5, 5.41) is 0. The SMILES string of the molecule is CC(=O)OC[C@H]1O[C@@H](n2cc(C)c(=O)[nH]c2=O)[C@H](F)[C@@H](OC(C)=O)[C@H]1OC(C)=O. The van der Waals surface area contributed by atoms with Crippen molar-refractivity contribution in [2.24, 2.45) is 0 Å². The van der Waals surface area contributed by atoms with Gasteiger partial charge in [0.1, 0.15) is 12.7 Å². The summed E-state index contributed by atoms with van der Waals surface area (Å²) in [6.45, 7) is 4.14. The molecule has 12 heteroatoms. The minimum atomic E-state index is -2.15. The zero-order valence-electron chi connectivity index (χ0n) is 16.2. The number of ether oxygens (including phenoxy) is 4. The van der Waals surface area contributed by atoms with Crippen LogP contribution < -0.4 is 11.2 Å². The first kappa shape index (κ1) is 22.3. The van der Waals surface area contributed by atoms with Crippen LogP contribution in [0.25, 0.3) is 0 Å². The van der Waals surface area contributed by atoms with Gasteiger partial charge < -0.3 is 18.9 Å². The fraction of sp³-hybridized carbons (Fsp3) is 0.588. The lowest BCUT2D eigenvalue weighted by Gasteiger charge is -2.42. The first-order valence-corrected chi connectivity index (χ1v) is 8.60. The molecule has 160 valence electrons. The van der Waals surface area contributed by atoms with Crippen LogP contribution in [-0.4, -0.2) is 58.5 Å². The number of carbonyl (C=O) groups is 3. The van der Waals surface area contributed by atoms with Gasteiger partial charge in [-0.25, -0.2) is 9.18 Å². The van der Waals surface area contributed by atoms with E-state index in [2.05, 4.69) is 0 Å². The first-order chi connectivity index (χ1) is 13.5. The maximum absolute atomic E-state index is 15.3. The zero-order valence-corrected chi connectivity index (χ0v) is 16.2. The van der Waals surface area contributed by atoms with Crippen LogP contribution in [0.15, 0.2) is 15.8 Å². The maximum Gasteiger partial charge on any atom is 0.330 e. The highest BCUT2D eigenvalue weighted by Gasteiger charge is 2.51. The molecule has 29 heavy (non-hydrogen) atoms. The number of nitrogens with zero attached hydrogens (tertiary/aromatic N) is 1. The lowest BCUT2D eigenvalue weighted by molar-refractivity contribution is -0.251. The van der Waals surface area contributed by atoms with Gasteiger partial charge in [0.2, 0.25) is 0 Å². The lowest BCUT2D eigenvalue weighted by atomic mass is 9.98. The molecule has 2 heterocycles. The molecular weight excluding hydrogens is 395 g/mol. The van der Waals surface area contributed by atoms with E-state index in [9.17, 15) is 24.0 Å². The highest BCUT2D eigenvalue weighted by Crippen LogP contribution is 2.33. The minimum Gasteiger partial charge on any atom is -0.463 e. The average molecular weight is 416 g/mol. The highest BCUT2D eigenvalue weighted by atomic mass is 19.1. The molecule has 1 saturated heterocycles. The topological polar surface area (TPSA) is 143 Å². The van der Waals surface area contributed by atoms with Crippen molar-refractivity contribution in [1.82, 2.24) is 9.55 Å². The van der Waals surface area contributed by atoms with Gasteiger partial charge in [0, 0.05) is 32.5 Å². The fourth-order valence-electron chi connectivity index (χ4n) is 2.87. The van der Waals surface area contributed by atoms with Crippen LogP contribution in [-0.2, 0) is 33.3 Å². The normalized spacial score (nSPS) is 26.4. The summed E-state index contributed by atoms with van der Waals surface area (Å²) in [5.74, 6) is -2.37. The number of aromatic nitrogens is 2. The van der Waals surface area contributed by atoms with E-state index in [-0.39, 0.29) is 5.56 Å². The van der Waals surface area contributed by atoms with Gasteiger partial charge in [-0.3, -0.25) is 28.7 Å². The van der Waals surface area contributed by atoms with Crippen LogP contribution in [0.5, 0.6) is 0 Å². The smallest absolute Gasteiger partial charge is 0.330 e.